The fraction of sp³-hybridized carbons (Fsp3) is 0.0833. The second-order valence-electron chi connectivity index (χ2n) is 3.73. The van der Waals surface area contributed by atoms with Gasteiger partial charge in [-0.3, -0.25) is 0 Å². The third kappa shape index (κ3) is 1.57. The van der Waals surface area contributed by atoms with E-state index >= 15 is 0 Å². The molecule has 0 bridgehead atoms. The van der Waals surface area contributed by atoms with E-state index < -0.39 is 0 Å². The molecule has 3 rings (SSSR count). The molecule has 0 saturated heterocycles. The van der Waals surface area contributed by atoms with Crippen molar-refractivity contribution in [3.05, 3.63) is 47.4 Å². The molecule has 0 radical (unpaired) electrons. The van der Waals surface area contributed by atoms with Gasteiger partial charge in [0, 0.05) is 5.39 Å². The number of fused-ring (bicyclic) bond motifs is 1. The van der Waals surface area contributed by atoms with Crippen molar-refractivity contribution in [3.8, 4) is 5.69 Å². The first kappa shape index (κ1) is 10.2. The minimum absolute atomic E-state index is 0.368. The Labute approximate surface area is 103 Å². The number of aromatic nitrogens is 4. The molecule has 17 heavy (non-hydrogen) atoms. The highest BCUT2D eigenvalue weighted by Crippen LogP contribution is 2.24. The molecule has 0 aliphatic heterocycles. The Balaban J connectivity index is 2.36. The number of para-hydroxylation sites is 1. The van der Waals surface area contributed by atoms with E-state index in [-0.39, 0.29) is 0 Å². The highest BCUT2D eigenvalue weighted by Gasteiger charge is 2.12. The van der Waals surface area contributed by atoms with Crippen molar-refractivity contribution >= 4 is 22.5 Å². The van der Waals surface area contributed by atoms with E-state index in [1.165, 1.54) is 0 Å². The van der Waals surface area contributed by atoms with Crippen LogP contribution in [0.1, 0.15) is 5.69 Å². The quantitative estimate of drug-likeness (QED) is 0.661. The molecule has 0 N–H and O–H groups in total. The van der Waals surface area contributed by atoms with E-state index in [0.717, 1.165) is 22.3 Å². The second-order valence-corrected chi connectivity index (χ2v) is 4.09. The maximum atomic E-state index is 6.09. The van der Waals surface area contributed by atoms with Crippen LogP contribution in [0.5, 0.6) is 0 Å². The Morgan fingerprint density at radius 2 is 1.88 bits per heavy atom. The Bertz CT molecular complexity index is 676. The van der Waals surface area contributed by atoms with E-state index in [1.54, 1.807) is 10.9 Å². The van der Waals surface area contributed by atoms with Crippen LogP contribution >= 0.6 is 11.6 Å². The van der Waals surface area contributed by atoms with Crippen molar-refractivity contribution < 1.29 is 0 Å². The number of hydrogen-bond acceptors (Lipinski definition) is 3. The summed E-state index contributed by atoms with van der Waals surface area (Å²) in [7, 11) is 0. The average molecular weight is 245 g/mol. The molecule has 0 fully saturated rings. The van der Waals surface area contributed by atoms with Gasteiger partial charge in [0.25, 0.3) is 0 Å². The number of benzene rings is 1. The SMILES string of the molecule is Cc1nnc(Cl)c2c1cnn2-c1ccccc1. The topological polar surface area (TPSA) is 43.6 Å². The van der Waals surface area contributed by atoms with Crippen molar-refractivity contribution in [1.29, 1.82) is 0 Å². The molecule has 0 amide bonds. The fourth-order valence-electron chi connectivity index (χ4n) is 1.80. The highest BCUT2D eigenvalue weighted by molar-refractivity contribution is 6.33. The number of hydrogen-bond donors (Lipinski definition) is 0. The summed E-state index contributed by atoms with van der Waals surface area (Å²) >= 11 is 6.09. The van der Waals surface area contributed by atoms with Crippen LogP contribution < -0.4 is 0 Å². The number of halogens is 1. The third-order valence-electron chi connectivity index (χ3n) is 2.64. The molecule has 0 unspecified atom stereocenters. The molecule has 0 aliphatic rings. The van der Waals surface area contributed by atoms with Crippen LogP contribution in [0.4, 0.5) is 0 Å². The normalized spacial score (nSPS) is 10.9. The lowest BCUT2D eigenvalue weighted by atomic mass is 10.3. The molecular formula is C12H9ClN4. The molecule has 5 heteroatoms. The minimum atomic E-state index is 0.368. The summed E-state index contributed by atoms with van der Waals surface area (Å²) in [6.45, 7) is 1.89. The lowest BCUT2D eigenvalue weighted by Crippen LogP contribution is -1.98. The predicted molar refractivity (Wildman–Crippen MR) is 66.4 cm³/mol. The largest absolute Gasteiger partial charge is 0.230 e. The van der Waals surface area contributed by atoms with Gasteiger partial charge in [-0.15, -0.1) is 5.10 Å². The van der Waals surface area contributed by atoms with E-state index in [2.05, 4.69) is 15.3 Å². The van der Waals surface area contributed by atoms with E-state index in [4.69, 9.17) is 11.6 Å². The van der Waals surface area contributed by atoms with Gasteiger partial charge in [0.15, 0.2) is 5.15 Å². The van der Waals surface area contributed by atoms with Crippen LogP contribution in [0.25, 0.3) is 16.6 Å². The molecule has 2 aromatic heterocycles. The number of aryl methyl sites for hydroxylation is 1. The Hall–Kier alpha value is -1.94. The molecule has 4 nitrogen and oxygen atoms in total. The second kappa shape index (κ2) is 3.82. The lowest BCUT2D eigenvalue weighted by Gasteiger charge is -2.04. The van der Waals surface area contributed by atoms with Gasteiger partial charge >= 0.3 is 0 Å². The smallest absolute Gasteiger partial charge is 0.178 e. The molecule has 2 heterocycles. The lowest BCUT2D eigenvalue weighted by molar-refractivity contribution is 0.903. The van der Waals surface area contributed by atoms with Crippen molar-refractivity contribution in [1.82, 2.24) is 20.0 Å². The van der Waals surface area contributed by atoms with Gasteiger partial charge in [0.1, 0.15) is 5.52 Å². The minimum Gasteiger partial charge on any atom is -0.230 e. The van der Waals surface area contributed by atoms with Gasteiger partial charge in [-0.05, 0) is 19.1 Å². The van der Waals surface area contributed by atoms with Crippen LogP contribution in [0, 0.1) is 6.92 Å². The van der Waals surface area contributed by atoms with Gasteiger partial charge in [0.2, 0.25) is 0 Å². The molecule has 0 atom stereocenters. The van der Waals surface area contributed by atoms with E-state index in [0.29, 0.717) is 5.15 Å². The summed E-state index contributed by atoms with van der Waals surface area (Å²) in [5.74, 6) is 0. The van der Waals surface area contributed by atoms with Crippen molar-refractivity contribution in [3.63, 3.8) is 0 Å². The first-order valence-corrected chi connectivity index (χ1v) is 5.57. The summed E-state index contributed by atoms with van der Waals surface area (Å²) in [5, 5.41) is 13.5. The van der Waals surface area contributed by atoms with Crippen LogP contribution in [0.3, 0.4) is 0 Å². The van der Waals surface area contributed by atoms with Gasteiger partial charge in [-0.1, -0.05) is 29.8 Å². The Morgan fingerprint density at radius 1 is 1.12 bits per heavy atom. The van der Waals surface area contributed by atoms with Gasteiger partial charge in [-0.25, -0.2) is 4.68 Å². The van der Waals surface area contributed by atoms with Crippen molar-refractivity contribution in [2.45, 2.75) is 6.92 Å². The van der Waals surface area contributed by atoms with Gasteiger partial charge in [0.05, 0.1) is 17.6 Å². The summed E-state index contributed by atoms with van der Waals surface area (Å²) in [5.41, 5.74) is 2.58. The Kier molecular flexibility index (Phi) is 2.30. The summed E-state index contributed by atoms with van der Waals surface area (Å²) in [4.78, 5) is 0. The highest BCUT2D eigenvalue weighted by atomic mass is 35.5. The average Bonchev–Trinajstić information content (AvgIpc) is 2.81. The first-order chi connectivity index (χ1) is 8.27. The Morgan fingerprint density at radius 3 is 2.65 bits per heavy atom. The monoisotopic (exact) mass is 244 g/mol. The van der Waals surface area contributed by atoms with Gasteiger partial charge in [-0.2, -0.15) is 10.2 Å². The summed E-state index contributed by atoms with van der Waals surface area (Å²) in [6.07, 6.45) is 1.76. The number of nitrogens with zero attached hydrogens (tertiary/aromatic N) is 4. The molecule has 1 aromatic carbocycles. The molecule has 3 aromatic rings. The molecule has 0 spiro atoms. The number of rotatable bonds is 1. The summed E-state index contributed by atoms with van der Waals surface area (Å²) in [6, 6.07) is 9.81. The molecule has 0 aliphatic carbocycles. The molecule has 84 valence electrons. The van der Waals surface area contributed by atoms with E-state index in [1.807, 2.05) is 37.3 Å². The maximum Gasteiger partial charge on any atom is 0.178 e. The fourth-order valence-corrected chi connectivity index (χ4v) is 2.02. The molecule has 0 saturated carbocycles. The zero-order chi connectivity index (χ0) is 11.8. The predicted octanol–water partition coefficient (Wildman–Crippen LogP) is 2.78. The van der Waals surface area contributed by atoms with Crippen LogP contribution in [-0.4, -0.2) is 20.0 Å². The third-order valence-corrected chi connectivity index (χ3v) is 2.90. The van der Waals surface area contributed by atoms with Crippen LogP contribution in [-0.2, 0) is 0 Å². The van der Waals surface area contributed by atoms with Crippen molar-refractivity contribution in [2.75, 3.05) is 0 Å². The summed E-state index contributed by atoms with van der Waals surface area (Å²) < 4.78 is 1.78. The standard InChI is InChI=1S/C12H9ClN4/c1-8-10-7-14-17(9-5-3-2-4-6-9)11(10)12(13)16-15-8/h2-7H,1H3. The molecular weight excluding hydrogens is 236 g/mol. The van der Waals surface area contributed by atoms with Gasteiger partial charge < -0.3 is 0 Å². The zero-order valence-electron chi connectivity index (χ0n) is 9.13. The van der Waals surface area contributed by atoms with Crippen LogP contribution in [0.15, 0.2) is 36.5 Å². The first-order valence-electron chi connectivity index (χ1n) is 5.19. The van der Waals surface area contributed by atoms with Crippen LogP contribution in [0.2, 0.25) is 5.15 Å². The van der Waals surface area contributed by atoms with Crippen molar-refractivity contribution in [2.24, 2.45) is 0 Å². The zero-order valence-corrected chi connectivity index (χ0v) is 9.89. The maximum absolute atomic E-state index is 6.09. The van der Waals surface area contributed by atoms with E-state index in [9.17, 15) is 0 Å².